The van der Waals surface area contributed by atoms with Crippen molar-refractivity contribution < 1.29 is 4.79 Å². The Hall–Kier alpha value is -2.21. The van der Waals surface area contributed by atoms with Crippen LogP contribution in [0.2, 0.25) is 0 Å². The van der Waals surface area contributed by atoms with Gasteiger partial charge in [0.1, 0.15) is 0 Å². The van der Waals surface area contributed by atoms with Gasteiger partial charge in [-0.25, -0.2) is 0 Å². The molecule has 0 bridgehead atoms. The molecule has 2 N–H and O–H groups in total. The van der Waals surface area contributed by atoms with Crippen LogP contribution in [0.1, 0.15) is 22.6 Å². The SMILES string of the molecule is Cc1ccccc1CN1CCN(C(=O)CN2C[C@@H](N)[C@H](c3ccccc3)C2)CC1. The van der Waals surface area contributed by atoms with Crippen LogP contribution in [0.3, 0.4) is 0 Å². The van der Waals surface area contributed by atoms with Gasteiger partial charge in [-0.05, 0) is 23.6 Å². The number of nitrogens with two attached hydrogens (primary N) is 1. The van der Waals surface area contributed by atoms with E-state index in [2.05, 4.69) is 65.3 Å². The third kappa shape index (κ3) is 4.86. The summed E-state index contributed by atoms with van der Waals surface area (Å²) in [5.41, 5.74) is 10.4. The monoisotopic (exact) mass is 392 g/mol. The van der Waals surface area contributed by atoms with Gasteiger partial charge in [0.05, 0.1) is 6.54 Å². The highest BCUT2D eigenvalue weighted by atomic mass is 16.2. The predicted molar refractivity (Wildman–Crippen MR) is 117 cm³/mol. The van der Waals surface area contributed by atoms with Crippen LogP contribution in [0, 0.1) is 6.92 Å². The van der Waals surface area contributed by atoms with Gasteiger partial charge in [0, 0.05) is 57.8 Å². The molecule has 2 saturated heterocycles. The number of aryl methyl sites for hydroxylation is 1. The van der Waals surface area contributed by atoms with E-state index < -0.39 is 0 Å². The quantitative estimate of drug-likeness (QED) is 0.846. The van der Waals surface area contributed by atoms with Crippen molar-refractivity contribution in [3.63, 3.8) is 0 Å². The van der Waals surface area contributed by atoms with E-state index in [4.69, 9.17) is 5.73 Å². The van der Waals surface area contributed by atoms with Gasteiger partial charge in [-0.1, -0.05) is 54.6 Å². The average Bonchev–Trinajstić information content (AvgIpc) is 3.11. The number of carbonyl (C=O) groups excluding carboxylic acids is 1. The Morgan fingerprint density at radius 1 is 0.931 bits per heavy atom. The first-order valence-corrected chi connectivity index (χ1v) is 10.7. The van der Waals surface area contributed by atoms with E-state index in [1.165, 1.54) is 16.7 Å². The summed E-state index contributed by atoms with van der Waals surface area (Å²) >= 11 is 0. The summed E-state index contributed by atoms with van der Waals surface area (Å²) in [6.45, 7) is 8.77. The molecular formula is C24H32N4O. The summed E-state index contributed by atoms with van der Waals surface area (Å²) in [7, 11) is 0. The summed E-state index contributed by atoms with van der Waals surface area (Å²) in [6, 6.07) is 19.1. The summed E-state index contributed by atoms with van der Waals surface area (Å²) < 4.78 is 0. The molecule has 0 saturated carbocycles. The van der Waals surface area contributed by atoms with Gasteiger partial charge in [0.15, 0.2) is 0 Å². The van der Waals surface area contributed by atoms with Crippen LogP contribution in [0.5, 0.6) is 0 Å². The Labute approximate surface area is 174 Å². The molecule has 2 atom stereocenters. The number of carbonyl (C=O) groups is 1. The minimum atomic E-state index is 0.0937. The summed E-state index contributed by atoms with van der Waals surface area (Å²) in [6.07, 6.45) is 0. The first kappa shape index (κ1) is 20.1. The van der Waals surface area contributed by atoms with Crippen LogP contribution in [0.25, 0.3) is 0 Å². The minimum Gasteiger partial charge on any atom is -0.339 e. The van der Waals surface area contributed by atoms with Gasteiger partial charge < -0.3 is 10.6 Å². The van der Waals surface area contributed by atoms with Crippen LogP contribution >= 0.6 is 0 Å². The number of amides is 1. The third-order valence-corrected chi connectivity index (χ3v) is 6.41. The second-order valence-corrected chi connectivity index (χ2v) is 8.46. The van der Waals surface area contributed by atoms with Crippen LogP contribution < -0.4 is 5.73 Å². The zero-order valence-electron chi connectivity index (χ0n) is 17.3. The Morgan fingerprint density at radius 2 is 1.62 bits per heavy atom. The molecule has 0 aliphatic carbocycles. The fraction of sp³-hybridized carbons (Fsp3) is 0.458. The lowest BCUT2D eigenvalue weighted by molar-refractivity contribution is -0.134. The van der Waals surface area contributed by atoms with Crippen molar-refractivity contribution >= 4 is 5.91 Å². The van der Waals surface area contributed by atoms with E-state index in [0.717, 1.165) is 45.8 Å². The number of nitrogens with zero attached hydrogens (tertiary/aromatic N) is 3. The van der Waals surface area contributed by atoms with E-state index in [-0.39, 0.29) is 11.9 Å². The predicted octanol–water partition coefficient (Wildman–Crippen LogP) is 2.07. The minimum absolute atomic E-state index is 0.0937. The van der Waals surface area contributed by atoms with E-state index in [0.29, 0.717) is 12.5 Å². The number of hydrogen-bond acceptors (Lipinski definition) is 4. The summed E-state index contributed by atoms with van der Waals surface area (Å²) in [5.74, 6) is 0.552. The molecule has 5 nitrogen and oxygen atoms in total. The highest BCUT2D eigenvalue weighted by Gasteiger charge is 2.33. The van der Waals surface area contributed by atoms with Crippen LogP contribution in [-0.2, 0) is 11.3 Å². The maximum atomic E-state index is 12.8. The number of piperazine rings is 1. The first-order chi connectivity index (χ1) is 14.1. The molecule has 1 amide bonds. The molecule has 0 radical (unpaired) electrons. The second kappa shape index (κ2) is 9.08. The van der Waals surface area contributed by atoms with Gasteiger partial charge in [-0.15, -0.1) is 0 Å². The van der Waals surface area contributed by atoms with Crippen molar-refractivity contribution in [2.24, 2.45) is 5.73 Å². The Morgan fingerprint density at radius 3 is 2.34 bits per heavy atom. The molecule has 2 aliphatic heterocycles. The molecule has 2 heterocycles. The number of hydrogen-bond donors (Lipinski definition) is 1. The van der Waals surface area contributed by atoms with Gasteiger partial charge in [0.25, 0.3) is 0 Å². The van der Waals surface area contributed by atoms with Gasteiger partial charge in [-0.3, -0.25) is 14.6 Å². The van der Waals surface area contributed by atoms with Crippen LogP contribution in [0.4, 0.5) is 0 Å². The number of benzene rings is 2. The molecule has 0 unspecified atom stereocenters. The first-order valence-electron chi connectivity index (χ1n) is 10.7. The molecule has 4 rings (SSSR count). The third-order valence-electron chi connectivity index (χ3n) is 6.41. The van der Waals surface area contributed by atoms with E-state index >= 15 is 0 Å². The van der Waals surface area contributed by atoms with Crippen molar-refractivity contribution in [2.45, 2.75) is 25.4 Å². The van der Waals surface area contributed by atoms with Crippen LogP contribution in [0.15, 0.2) is 54.6 Å². The zero-order valence-corrected chi connectivity index (χ0v) is 17.3. The van der Waals surface area contributed by atoms with Gasteiger partial charge in [0.2, 0.25) is 5.91 Å². The largest absolute Gasteiger partial charge is 0.339 e. The molecule has 29 heavy (non-hydrogen) atoms. The molecule has 5 heteroatoms. The molecule has 2 aromatic rings. The van der Waals surface area contributed by atoms with Crippen molar-refractivity contribution in [1.29, 1.82) is 0 Å². The second-order valence-electron chi connectivity index (χ2n) is 8.46. The number of rotatable bonds is 5. The maximum Gasteiger partial charge on any atom is 0.236 e. The van der Waals surface area contributed by atoms with E-state index in [1.807, 2.05) is 11.0 Å². The zero-order chi connectivity index (χ0) is 20.2. The lowest BCUT2D eigenvalue weighted by Crippen LogP contribution is -2.50. The summed E-state index contributed by atoms with van der Waals surface area (Å²) in [5, 5.41) is 0. The molecular weight excluding hydrogens is 360 g/mol. The maximum absolute atomic E-state index is 12.8. The molecule has 0 spiro atoms. The fourth-order valence-corrected chi connectivity index (χ4v) is 4.57. The molecule has 2 aromatic carbocycles. The fourth-order valence-electron chi connectivity index (χ4n) is 4.57. The van der Waals surface area contributed by atoms with E-state index in [9.17, 15) is 4.79 Å². The Balaban J connectivity index is 1.26. The highest BCUT2D eigenvalue weighted by molar-refractivity contribution is 5.78. The lowest BCUT2D eigenvalue weighted by Gasteiger charge is -2.35. The Kier molecular flexibility index (Phi) is 6.28. The molecule has 2 fully saturated rings. The topological polar surface area (TPSA) is 52.8 Å². The molecule has 2 aliphatic rings. The molecule has 154 valence electrons. The standard InChI is InChI=1S/C24H32N4O/c1-19-7-5-6-10-21(19)15-26-11-13-28(14-12-26)24(29)18-27-16-22(23(25)17-27)20-8-3-2-4-9-20/h2-10,22-23H,11-18,25H2,1H3/t22-,23+/m0/s1. The van der Waals surface area contributed by atoms with Crippen molar-refractivity contribution in [3.05, 3.63) is 71.3 Å². The normalized spacial score (nSPS) is 23.4. The molecule has 0 aromatic heterocycles. The Bertz CT molecular complexity index is 817. The van der Waals surface area contributed by atoms with Gasteiger partial charge in [-0.2, -0.15) is 0 Å². The average molecular weight is 393 g/mol. The van der Waals surface area contributed by atoms with Crippen LogP contribution in [-0.4, -0.2) is 72.5 Å². The smallest absolute Gasteiger partial charge is 0.236 e. The number of likely N-dealkylation sites (tertiary alicyclic amines) is 1. The van der Waals surface area contributed by atoms with Crippen molar-refractivity contribution in [1.82, 2.24) is 14.7 Å². The lowest BCUT2D eigenvalue weighted by atomic mass is 9.95. The van der Waals surface area contributed by atoms with Gasteiger partial charge >= 0.3 is 0 Å². The summed E-state index contributed by atoms with van der Waals surface area (Å²) in [4.78, 5) is 19.5. The van der Waals surface area contributed by atoms with E-state index in [1.54, 1.807) is 0 Å². The van der Waals surface area contributed by atoms with Crippen molar-refractivity contribution in [2.75, 3.05) is 45.8 Å². The van der Waals surface area contributed by atoms with Crippen molar-refractivity contribution in [3.8, 4) is 0 Å². The highest BCUT2D eigenvalue weighted by Crippen LogP contribution is 2.26.